The highest BCUT2D eigenvalue weighted by atomic mass is 15.1. The van der Waals surface area contributed by atoms with Crippen molar-refractivity contribution in [3.63, 3.8) is 0 Å². The number of hydrogen-bond donors (Lipinski definition) is 2. The number of H-pyrrole nitrogens is 2. The SMILES string of the molecule is c1ccc(-c2ccc3ccc4c(c3c2)-c2nc-4nc3[nH]c(nc4nc(nc5[nH]c(n2)c2ccc6ccc(-c7ccccc7)cc6c52)-c2c-4ccc4ccc(-c5ccccc5)cc24)c2ccc4ccc(-c5ccccc5)cc4c32)cc1. The summed E-state index contributed by atoms with van der Waals surface area (Å²) in [7, 11) is 0. The third kappa shape index (κ3) is 6.95. The maximum absolute atomic E-state index is 5.69. The van der Waals surface area contributed by atoms with Crippen LogP contribution >= 0.6 is 0 Å². The number of nitrogens with one attached hydrogen (secondary N) is 2. The van der Waals surface area contributed by atoms with Crippen LogP contribution in [0.2, 0.25) is 0 Å². The van der Waals surface area contributed by atoms with E-state index < -0.39 is 0 Å². The minimum atomic E-state index is 0.544. The zero-order valence-electron chi connectivity index (χ0n) is 42.8. The Morgan fingerprint density at radius 3 is 0.900 bits per heavy atom. The second-order valence-corrected chi connectivity index (χ2v) is 20.8. The van der Waals surface area contributed by atoms with Crippen LogP contribution in [0.3, 0.4) is 0 Å². The lowest BCUT2D eigenvalue weighted by atomic mass is 9.95. The average Bonchev–Trinajstić information content (AvgIpc) is 4.42. The molecule has 5 heterocycles. The first-order valence-electron chi connectivity index (χ1n) is 26.9. The molecule has 0 atom stereocenters. The molecule has 0 unspecified atom stereocenters. The number of fused-ring (bicyclic) bond motifs is 28. The summed E-state index contributed by atoms with van der Waals surface area (Å²) >= 11 is 0. The van der Waals surface area contributed by atoms with Crippen LogP contribution < -0.4 is 0 Å². The third-order valence-corrected chi connectivity index (χ3v) is 16.2. The van der Waals surface area contributed by atoms with Crippen LogP contribution in [0.5, 0.6) is 0 Å². The molecule has 0 aliphatic carbocycles. The Kier molecular flexibility index (Phi) is 9.54. The zero-order chi connectivity index (χ0) is 52.4. The van der Waals surface area contributed by atoms with Crippen LogP contribution in [0.1, 0.15) is 0 Å². The molecular weight excluding hydrogens is 977 g/mol. The Labute approximate surface area is 457 Å². The molecule has 8 heteroatoms. The van der Waals surface area contributed by atoms with E-state index in [9.17, 15) is 0 Å². The zero-order valence-corrected chi connectivity index (χ0v) is 42.8. The third-order valence-electron chi connectivity index (χ3n) is 16.2. The van der Waals surface area contributed by atoms with Crippen molar-refractivity contribution in [1.29, 1.82) is 0 Å². The van der Waals surface area contributed by atoms with E-state index in [2.05, 4.69) is 253 Å². The van der Waals surface area contributed by atoms with Crippen LogP contribution in [-0.4, -0.2) is 39.9 Å². The maximum Gasteiger partial charge on any atom is 0.165 e. The van der Waals surface area contributed by atoms with Gasteiger partial charge in [-0.2, -0.15) is 0 Å². The van der Waals surface area contributed by atoms with Gasteiger partial charge in [-0.05, 0) is 136 Å². The van der Waals surface area contributed by atoms with Crippen molar-refractivity contribution in [2.75, 3.05) is 0 Å². The molecule has 0 saturated carbocycles. The lowest BCUT2D eigenvalue weighted by Crippen LogP contribution is -1.87. The summed E-state index contributed by atoms with van der Waals surface area (Å²) in [6.07, 6.45) is 0. The van der Waals surface area contributed by atoms with Crippen LogP contribution in [0, 0.1) is 0 Å². The number of nitrogens with zero attached hydrogens (tertiary/aromatic N) is 6. The van der Waals surface area contributed by atoms with E-state index in [4.69, 9.17) is 29.9 Å². The highest BCUT2D eigenvalue weighted by molar-refractivity contribution is 6.21. The second-order valence-electron chi connectivity index (χ2n) is 20.8. The molecule has 15 aromatic rings. The van der Waals surface area contributed by atoms with Crippen LogP contribution in [0.25, 0.3) is 177 Å². The molecular formula is C72H42N8. The van der Waals surface area contributed by atoms with E-state index in [1.54, 1.807) is 0 Å². The van der Waals surface area contributed by atoms with E-state index in [0.717, 1.165) is 131 Å². The number of hydrogen-bond acceptors (Lipinski definition) is 6. The van der Waals surface area contributed by atoms with Gasteiger partial charge >= 0.3 is 0 Å². The number of benzene rings is 12. The molecule has 80 heavy (non-hydrogen) atoms. The molecule has 0 amide bonds. The molecule has 2 aliphatic rings. The summed E-state index contributed by atoms with van der Waals surface area (Å²) in [5.74, 6) is 2.18. The van der Waals surface area contributed by atoms with Gasteiger partial charge in [0.25, 0.3) is 0 Å². The van der Waals surface area contributed by atoms with Gasteiger partial charge in [-0.15, -0.1) is 0 Å². The van der Waals surface area contributed by atoms with Crippen LogP contribution in [-0.2, 0) is 0 Å². The largest absolute Gasteiger partial charge is 0.324 e. The first kappa shape index (κ1) is 44.2. The molecule has 17 rings (SSSR count). The van der Waals surface area contributed by atoms with Crippen molar-refractivity contribution in [2.45, 2.75) is 0 Å². The monoisotopic (exact) mass is 1020 g/mol. The van der Waals surface area contributed by atoms with Crippen molar-refractivity contribution in [3.05, 3.63) is 243 Å². The van der Waals surface area contributed by atoms with Crippen molar-refractivity contribution in [1.82, 2.24) is 39.9 Å². The summed E-state index contributed by atoms with van der Waals surface area (Å²) in [6.45, 7) is 0. The lowest BCUT2D eigenvalue weighted by Gasteiger charge is -2.08. The molecule has 370 valence electrons. The summed E-state index contributed by atoms with van der Waals surface area (Å²) in [5.41, 5.74) is 15.0. The molecule has 0 radical (unpaired) electrons. The molecule has 0 spiro atoms. The maximum atomic E-state index is 5.69. The molecule has 12 aromatic carbocycles. The molecule has 8 nitrogen and oxygen atoms in total. The molecule has 2 N–H and O–H groups in total. The summed E-state index contributed by atoms with van der Waals surface area (Å²) < 4.78 is 0. The van der Waals surface area contributed by atoms with Crippen molar-refractivity contribution in [2.24, 2.45) is 0 Å². The van der Waals surface area contributed by atoms with Gasteiger partial charge in [0.1, 0.15) is 22.6 Å². The highest BCUT2D eigenvalue weighted by Crippen LogP contribution is 2.45. The number of rotatable bonds is 4. The van der Waals surface area contributed by atoms with Gasteiger partial charge in [-0.1, -0.05) is 194 Å². The molecule has 3 aromatic heterocycles. The van der Waals surface area contributed by atoms with E-state index in [1.807, 2.05) is 0 Å². The fraction of sp³-hybridized carbons (Fsp3) is 0. The molecule has 2 aliphatic heterocycles. The van der Waals surface area contributed by atoms with Gasteiger partial charge in [0.05, 0.1) is 0 Å². The Balaban J connectivity index is 1.04. The first-order valence-corrected chi connectivity index (χ1v) is 26.9. The Hall–Kier alpha value is -11.0. The van der Waals surface area contributed by atoms with Gasteiger partial charge < -0.3 is 9.97 Å². The van der Waals surface area contributed by atoms with E-state index in [1.165, 1.54) is 0 Å². The van der Waals surface area contributed by atoms with Gasteiger partial charge in [0, 0.05) is 43.8 Å². The minimum absolute atomic E-state index is 0.544. The summed E-state index contributed by atoms with van der Waals surface area (Å²) in [5, 5.41) is 12.1. The van der Waals surface area contributed by atoms with Crippen molar-refractivity contribution < 1.29 is 0 Å². The average molecular weight is 1020 g/mol. The summed E-state index contributed by atoms with van der Waals surface area (Å²) in [4.78, 5) is 41.1. The van der Waals surface area contributed by atoms with Gasteiger partial charge in [-0.25, -0.2) is 29.9 Å². The second kappa shape index (κ2) is 17.3. The molecule has 8 bridgehead atoms. The van der Waals surface area contributed by atoms with Gasteiger partial charge in [0.2, 0.25) is 0 Å². The van der Waals surface area contributed by atoms with Gasteiger partial charge in [-0.3, -0.25) is 0 Å². The quantitative estimate of drug-likeness (QED) is 0.182. The lowest BCUT2D eigenvalue weighted by molar-refractivity contribution is 1.19. The smallest absolute Gasteiger partial charge is 0.165 e. The van der Waals surface area contributed by atoms with Gasteiger partial charge in [0.15, 0.2) is 23.3 Å². The Morgan fingerprint density at radius 2 is 0.512 bits per heavy atom. The Bertz CT molecular complexity index is 5280. The van der Waals surface area contributed by atoms with E-state index >= 15 is 0 Å². The Morgan fingerprint density at radius 1 is 0.212 bits per heavy atom. The van der Waals surface area contributed by atoms with E-state index in [-0.39, 0.29) is 0 Å². The highest BCUT2D eigenvalue weighted by Gasteiger charge is 2.27. The fourth-order valence-electron chi connectivity index (χ4n) is 12.3. The van der Waals surface area contributed by atoms with Crippen LogP contribution in [0.15, 0.2) is 243 Å². The fourth-order valence-corrected chi connectivity index (χ4v) is 12.3. The molecule has 0 saturated heterocycles. The van der Waals surface area contributed by atoms with E-state index in [0.29, 0.717) is 45.9 Å². The number of aromatic amines is 2. The number of aromatic nitrogens is 8. The minimum Gasteiger partial charge on any atom is -0.324 e. The van der Waals surface area contributed by atoms with Crippen molar-refractivity contribution >= 4 is 87.2 Å². The van der Waals surface area contributed by atoms with Crippen molar-refractivity contribution in [3.8, 4) is 90.1 Å². The first-order chi connectivity index (χ1) is 39.6. The molecule has 0 fully saturated rings. The topological polar surface area (TPSA) is 109 Å². The van der Waals surface area contributed by atoms with Crippen LogP contribution in [0.4, 0.5) is 0 Å². The summed E-state index contributed by atoms with van der Waals surface area (Å²) in [6, 6.07) is 86.0. The predicted molar refractivity (Wildman–Crippen MR) is 328 cm³/mol. The standard InChI is InChI=1S/C72H42N8/c1-5-13-41(14-6-1)49-25-21-45-29-33-53-61(57(45)37-49)69-74-65(53)73-66-54-34-30-47-23-27-51(43-17-9-3-10-18-43)39-59(47)63(54)71(75-66)80-72-64-56(36-32-48-24-28-52(40-60(48)64)44-19-11-4-12-20-44)68(79-72)78-70-62-55(67(76-69)77-70)35-31-46-22-26-50(38-58(46)62)42-15-7-2-8-16-42/h1-40H,(H2,73,74,75,76,77,78,79,80). The predicted octanol–water partition coefficient (Wildman–Crippen LogP) is 18.1. The normalized spacial score (nSPS) is 12.0.